The second-order valence-electron chi connectivity index (χ2n) is 5.46. The molecule has 0 aliphatic carbocycles. The largest absolute Gasteiger partial charge is 0.493 e. The fraction of sp³-hybridized carbons (Fsp3) is 0.500. The van der Waals surface area contributed by atoms with Crippen LogP contribution in [0, 0.1) is 0 Å². The number of rotatable bonds is 5. The Hall–Kier alpha value is -2.06. The highest BCUT2D eigenvalue weighted by molar-refractivity contribution is 7.80. The first kappa shape index (κ1) is 16.8. The highest BCUT2D eigenvalue weighted by Crippen LogP contribution is 2.39. The molecule has 0 saturated carbocycles. The van der Waals surface area contributed by atoms with Crippen LogP contribution in [0.2, 0.25) is 0 Å². The number of methoxy groups -OCH3 is 1. The maximum absolute atomic E-state index is 5.59. The Balaban J connectivity index is 1.54. The second kappa shape index (κ2) is 8.16. The van der Waals surface area contributed by atoms with Gasteiger partial charge in [0.2, 0.25) is 5.75 Å². The molecule has 1 aromatic rings. The molecule has 0 unspecified atom stereocenters. The standard InChI is InChI=1S/C16H21N3O4S/c1-20-13-7-11(8-14-15(13)23-6-5-22-14)9-18-19-16(24)17-10-12-3-2-4-21-12/h7-9,12H,2-6,10H2,1H3,(H2,17,19,24)/b18-9-/t12-/m1/s1. The Labute approximate surface area is 146 Å². The fourth-order valence-corrected chi connectivity index (χ4v) is 2.72. The third-order valence-corrected chi connectivity index (χ3v) is 3.98. The van der Waals surface area contributed by atoms with Crippen LogP contribution in [0.5, 0.6) is 17.2 Å². The smallest absolute Gasteiger partial charge is 0.203 e. The molecule has 24 heavy (non-hydrogen) atoms. The normalized spacial score (nSPS) is 19.3. The highest BCUT2D eigenvalue weighted by atomic mass is 32.1. The first-order chi connectivity index (χ1) is 11.8. The molecule has 8 heteroatoms. The van der Waals surface area contributed by atoms with Crippen LogP contribution in [0.15, 0.2) is 17.2 Å². The number of hydrazone groups is 1. The summed E-state index contributed by atoms with van der Waals surface area (Å²) in [5, 5.41) is 7.70. The van der Waals surface area contributed by atoms with E-state index in [2.05, 4.69) is 15.8 Å². The SMILES string of the molecule is COc1cc(/C=N\NC(=S)NC[C@H]2CCCO2)cc2c1OCCO2. The van der Waals surface area contributed by atoms with Gasteiger partial charge in [-0.2, -0.15) is 5.10 Å². The predicted octanol–water partition coefficient (Wildman–Crippen LogP) is 1.44. The lowest BCUT2D eigenvalue weighted by atomic mass is 10.2. The lowest BCUT2D eigenvalue weighted by Crippen LogP contribution is -2.37. The van der Waals surface area contributed by atoms with E-state index in [4.69, 9.17) is 31.2 Å². The summed E-state index contributed by atoms with van der Waals surface area (Å²) in [5.41, 5.74) is 3.62. The zero-order valence-corrected chi connectivity index (χ0v) is 14.4. The van der Waals surface area contributed by atoms with Crippen molar-refractivity contribution in [1.29, 1.82) is 0 Å². The molecule has 7 nitrogen and oxygen atoms in total. The topological polar surface area (TPSA) is 73.3 Å². The zero-order valence-electron chi connectivity index (χ0n) is 13.5. The number of benzene rings is 1. The van der Waals surface area contributed by atoms with Crippen LogP contribution in [-0.4, -0.2) is 50.9 Å². The molecule has 2 N–H and O–H groups in total. The Bertz CT molecular complexity index is 600. The van der Waals surface area contributed by atoms with Gasteiger partial charge < -0.3 is 24.3 Å². The van der Waals surface area contributed by atoms with Crippen molar-refractivity contribution < 1.29 is 18.9 Å². The number of fused-ring (bicyclic) bond motifs is 1. The molecule has 3 rings (SSSR count). The van der Waals surface area contributed by atoms with Crippen LogP contribution in [-0.2, 0) is 4.74 Å². The summed E-state index contributed by atoms with van der Waals surface area (Å²) < 4.78 is 22.0. The molecule has 0 aromatic heterocycles. The van der Waals surface area contributed by atoms with E-state index in [1.54, 1.807) is 13.3 Å². The Morgan fingerprint density at radius 1 is 1.38 bits per heavy atom. The van der Waals surface area contributed by atoms with Gasteiger partial charge in [-0.05, 0) is 37.2 Å². The van der Waals surface area contributed by atoms with E-state index in [-0.39, 0.29) is 6.10 Å². The third-order valence-electron chi connectivity index (χ3n) is 3.74. The summed E-state index contributed by atoms with van der Waals surface area (Å²) in [6, 6.07) is 3.69. The molecule has 1 saturated heterocycles. The molecule has 0 radical (unpaired) electrons. The minimum absolute atomic E-state index is 0.232. The Morgan fingerprint density at radius 2 is 2.25 bits per heavy atom. The summed E-state index contributed by atoms with van der Waals surface area (Å²) in [5.74, 6) is 1.90. The van der Waals surface area contributed by atoms with E-state index >= 15 is 0 Å². The monoisotopic (exact) mass is 351 g/mol. The molecule has 2 aliphatic heterocycles. The summed E-state index contributed by atoms with van der Waals surface area (Å²) in [7, 11) is 1.59. The second-order valence-corrected chi connectivity index (χ2v) is 5.87. The van der Waals surface area contributed by atoms with Crippen molar-refractivity contribution in [1.82, 2.24) is 10.7 Å². The number of hydrogen-bond donors (Lipinski definition) is 2. The zero-order chi connectivity index (χ0) is 16.8. The quantitative estimate of drug-likeness (QED) is 0.472. The number of nitrogens with one attached hydrogen (secondary N) is 2. The summed E-state index contributed by atoms with van der Waals surface area (Å²) in [6.07, 6.45) is 4.06. The number of hydrogen-bond acceptors (Lipinski definition) is 6. The minimum Gasteiger partial charge on any atom is -0.493 e. The van der Waals surface area contributed by atoms with E-state index in [1.807, 2.05) is 12.1 Å². The van der Waals surface area contributed by atoms with Crippen molar-refractivity contribution in [2.24, 2.45) is 5.10 Å². The van der Waals surface area contributed by atoms with Crippen LogP contribution >= 0.6 is 12.2 Å². The van der Waals surface area contributed by atoms with Crippen LogP contribution in [0.1, 0.15) is 18.4 Å². The first-order valence-corrected chi connectivity index (χ1v) is 8.33. The third kappa shape index (κ3) is 4.27. The summed E-state index contributed by atoms with van der Waals surface area (Å²) >= 11 is 5.19. The molecular formula is C16H21N3O4S. The number of thiocarbonyl (C=S) groups is 1. The molecule has 130 valence electrons. The van der Waals surface area contributed by atoms with Crippen LogP contribution in [0.4, 0.5) is 0 Å². The summed E-state index contributed by atoms with van der Waals surface area (Å²) in [6.45, 7) is 2.56. The average Bonchev–Trinajstić information content (AvgIpc) is 3.13. The van der Waals surface area contributed by atoms with E-state index in [0.29, 0.717) is 42.1 Å². The van der Waals surface area contributed by atoms with E-state index in [0.717, 1.165) is 25.0 Å². The van der Waals surface area contributed by atoms with E-state index < -0.39 is 0 Å². The van der Waals surface area contributed by atoms with Gasteiger partial charge >= 0.3 is 0 Å². The van der Waals surface area contributed by atoms with Gasteiger partial charge in [0.15, 0.2) is 16.6 Å². The molecule has 0 amide bonds. The molecule has 0 spiro atoms. The molecular weight excluding hydrogens is 330 g/mol. The molecule has 0 bridgehead atoms. The van der Waals surface area contributed by atoms with Gasteiger partial charge in [0, 0.05) is 18.7 Å². The predicted molar refractivity (Wildman–Crippen MR) is 94.3 cm³/mol. The number of nitrogens with zero attached hydrogens (tertiary/aromatic N) is 1. The van der Waals surface area contributed by atoms with Gasteiger partial charge in [-0.1, -0.05) is 0 Å². The van der Waals surface area contributed by atoms with Gasteiger partial charge in [0.1, 0.15) is 13.2 Å². The molecule has 1 atom stereocenters. The van der Waals surface area contributed by atoms with Gasteiger partial charge in [-0.15, -0.1) is 0 Å². The molecule has 1 aromatic carbocycles. The van der Waals surface area contributed by atoms with Crippen molar-refractivity contribution in [3.8, 4) is 17.2 Å². The molecule has 2 heterocycles. The van der Waals surface area contributed by atoms with Gasteiger partial charge in [0.05, 0.1) is 19.4 Å². The van der Waals surface area contributed by atoms with Crippen molar-refractivity contribution in [3.63, 3.8) is 0 Å². The molecule has 1 fully saturated rings. The fourth-order valence-electron chi connectivity index (χ4n) is 2.58. The summed E-state index contributed by atoms with van der Waals surface area (Å²) in [4.78, 5) is 0. The van der Waals surface area contributed by atoms with Crippen LogP contribution < -0.4 is 25.0 Å². The van der Waals surface area contributed by atoms with Gasteiger partial charge in [-0.25, -0.2) is 0 Å². The maximum atomic E-state index is 5.59. The first-order valence-electron chi connectivity index (χ1n) is 7.92. The van der Waals surface area contributed by atoms with E-state index in [1.165, 1.54) is 0 Å². The van der Waals surface area contributed by atoms with Crippen molar-refractivity contribution in [3.05, 3.63) is 17.7 Å². The lowest BCUT2D eigenvalue weighted by Gasteiger charge is -2.20. The Kier molecular flexibility index (Phi) is 5.71. The van der Waals surface area contributed by atoms with Gasteiger partial charge in [0.25, 0.3) is 0 Å². The van der Waals surface area contributed by atoms with Crippen LogP contribution in [0.3, 0.4) is 0 Å². The van der Waals surface area contributed by atoms with Gasteiger partial charge in [-0.3, -0.25) is 5.43 Å². The lowest BCUT2D eigenvalue weighted by molar-refractivity contribution is 0.114. The van der Waals surface area contributed by atoms with Crippen LogP contribution in [0.25, 0.3) is 0 Å². The maximum Gasteiger partial charge on any atom is 0.203 e. The minimum atomic E-state index is 0.232. The molecule has 2 aliphatic rings. The number of ether oxygens (including phenoxy) is 4. The van der Waals surface area contributed by atoms with E-state index in [9.17, 15) is 0 Å². The van der Waals surface area contributed by atoms with Crippen molar-refractivity contribution in [2.45, 2.75) is 18.9 Å². The van der Waals surface area contributed by atoms with Crippen molar-refractivity contribution in [2.75, 3.05) is 33.5 Å². The highest BCUT2D eigenvalue weighted by Gasteiger charge is 2.18. The van der Waals surface area contributed by atoms with Crippen molar-refractivity contribution >= 4 is 23.5 Å². The Morgan fingerprint density at radius 3 is 3.04 bits per heavy atom. The average molecular weight is 351 g/mol.